The van der Waals surface area contributed by atoms with Gasteiger partial charge in [-0.05, 0) is 80.5 Å². The number of phenols is 1. The molecule has 0 amide bonds. The monoisotopic (exact) mass is 845 g/mol. The van der Waals surface area contributed by atoms with Crippen LogP contribution in [0.2, 0.25) is 0 Å². The van der Waals surface area contributed by atoms with Gasteiger partial charge >= 0.3 is 0 Å². The van der Waals surface area contributed by atoms with E-state index in [4.69, 9.17) is 9.97 Å². The van der Waals surface area contributed by atoms with Crippen LogP contribution in [0.1, 0.15) is 52.7 Å². The molecule has 0 aliphatic rings. The van der Waals surface area contributed by atoms with E-state index >= 15 is 0 Å². The molecule has 8 aromatic rings. The Morgan fingerprint density at radius 3 is 2.06 bits per heavy atom. The van der Waals surface area contributed by atoms with Gasteiger partial charge in [-0.25, -0.2) is 4.98 Å². The molecule has 5 heteroatoms. The maximum atomic E-state index is 11.7. The van der Waals surface area contributed by atoms with Crippen molar-refractivity contribution in [2.24, 2.45) is 0 Å². The molecule has 3 heterocycles. The molecular formula is C46H40N3OPt-. The first-order valence-electron chi connectivity index (χ1n) is 17.2. The molecule has 0 spiro atoms. The van der Waals surface area contributed by atoms with Gasteiger partial charge in [-0.1, -0.05) is 120 Å². The van der Waals surface area contributed by atoms with Crippen molar-refractivity contribution in [1.29, 1.82) is 0 Å². The van der Waals surface area contributed by atoms with Crippen LogP contribution < -0.4 is 0 Å². The van der Waals surface area contributed by atoms with Gasteiger partial charge in [-0.2, -0.15) is 0 Å². The maximum Gasteiger partial charge on any atom is 0.144 e. The molecule has 0 saturated heterocycles. The zero-order valence-corrected chi connectivity index (χ0v) is 32.0. The van der Waals surface area contributed by atoms with Crippen LogP contribution >= 0.6 is 0 Å². The average molecular weight is 846 g/mol. The van der Waals surface area contributed by atoms with Gasteiger partial charge in [0.2, 0.25) is 0 Å². The predicted octanol–water partition coefficient (Wildman–Crippen LogP) is 11.8. The van der Waals surface area contributed by atoms with Crippen molar-refractivity contribution in [2.75, 3.05) is 0 Å². The molecule has 0 aliphatic carbocycles. The van der Waals surface area contributed by atoms with Crippen molar-refractivity contribution in [3.63, 3.8) is 0 Å². The van der Waals surface area contributed by atoms with Gasteiger partial charge < -0.3 is 9.67 Å². The topological polar surface area (TPSA) is 50.9 Å². The molecule has 0 radical (unpaired) electrons. The first kappa shape index (κ1) is 34.4. The minimum Gasteiger partial charge on any atom is -0.507 e. The van der Waals surface area contributed by atoms with Crippen molar-refractivity contribution in [3.8, 4) is 45.1 Å². The summed E-state index contributed by atoms with van der Waals surface area (Å²) in [7, 11) is 0. The Hall–Kier alpha value is -5.05. The number of aromatic nitrogens is 3. The van der Waals surface area contributed by atoms with Crippen LogP contribution in [0.25, 0.3) is 72.0 Å². The van der Waals surface area contributed by atoms with Gasteiger partial charge in [0.15, 0.2) is 0 Å². The normalized spacial score (nSPS) is 12.0. The van der Waals surface area contributed by atoms with Gasteiger partial charge in [-0.15, -0.1) is 23.8 Å². The molecule has 4 nitrogen and oxygen atoms in total. The van der Waals surface area contributed by atoms with Gasteiger partial charge in [0.25, 0.3) is 0 Å². The minimum absolute atomic E-state index is 0. The summed E-state index contributed by atoms with van der Waals surface area (Å²) < 4.78 is 2.23. The number of fused-ring (bicyclic) bond motifs is 4. The fraction of sp³-hybridized carbons (Fsp3) is 0.174. The molecule has 256 valence electrons. The molecule has 0 unspecified atom stereocenters. The molecule has 0 bridgehead atoms. The second kappa shape index (κ2) is 12.9. The molecule has 0 fully saturated rings. The Bertz CT molecular complexity index is 2570. The fourth-order valence-corrected chi connectivity index (χ4v) is 6.95. The third-order valence-electron chi connectivity index (χ3n) is 9.68. The van der Waals surface area contributed by atoms with Gasteiger partial charge in [0.05, 0.1) is 11.2 Å². The third kappa shape index (κ3) is 6.27. The molecule has 51 heavy (non-hydrogen) atoms. The van der Waals surface area contributed by atoms with Crippen molar-refractivity contribution in [3.05, 3.63) is 145 Å². The Labute approximate surface area is 314 Å². The number of benzene rings is 5. The van der Waals surface area contributed by atoms with Crippen molar-refractivity contribution < 1.29 is 26.2 Å². The van der Waals surface area contributed by atoms with Crippen LogP contribution in [0.5, 0.6) is 5.75 Å². The number of hydrogen-bond acceptors (Lipinski definition) is 3. The molecule has 0 aliphatic heterocycles. The van der Waals surface area contributed by atoms with E-state index in [-0.39, 0.29) is 37.6 Å². The van der Waals surface area contributed by atoms with Gasteiger partial charge in [-0.3, -0.25) is 4.98 Å². The fourth-order valence-electron chi connectivity index (χ4n) is 6.95. The molecule has 5 aromatic carbocycles. The molecule has 1 N–H and O–H groups in total. The second-order valence-electron chi connectivity index (χ2n) is 15.3. The largest absolute Gasteiger partial charge is 0.507 e. The maximum absolute atomic E-state index is 11.7. The Morgan fingerprint density at radius 2 is 1.33 bits per heavy atom. The van der Waals surface area contributed by atoms with Gasteiger partial charge in [0.1, 0.15) is 11.4 Å². The quantitative estimate of drug-likeness (QED) is 0.180. The van der Waals surface area contributed by atoms with E-state index < -0.39 is 0 Å². The number of phenolic OH excluding ortho intramolecular Hbond substituents is 1. The zero-order valence-electron chi connectivity index (χ0n) is 29.7. The molecule has 3 aromatic heterocycles. The second-order valence-corrected chi connectivity index (χ2v) is 15.3. The number of hydrogen-bond donors (Lipinski definition) is 1. The number of pyridine rings is 2. The number of aromatic hydroxyl groups is 1. The summed E-state index contributed by atoms with van der Waals surface area (Å²) in [4.78, 5) is 10.1. The predicted molar refractivity (Wildman–Crippen MR) is 208 cm³/mol. The van der Waals surface area contributed by atoms with E-state index in [1.165, 1.54) is 10.8 Å². The van der Waals surface area contributed by atoms with E-state index in [2.05, 4.69) is 143 Å². The summed E-state index contributed by atoms with van der Waals surface area (Å²) >= 11 is 0. The first-order valence-corrected chi connectivity index (χ1v) is 17.2. The van der Waals surface area contributed by atoms with Crippen LogP contribution in [0.3, 0.4) is 0 Å². The minimum atomic E-state index is -0.244. The Balaban J connectivity index is 0.00000406. The zero-order chi connectivity index (χ0) is 34.8. The molecule has 0 atom stereocenters. The summed E-state index contributed by atoms with van der Waals surface area (Å²) in [6, 6.07) is 46.0. The van der Waals surface area contributed by atoms with Crippen LogP contribution in [-0.2, 0) is 31.9 Å². The van der Waals surface area contributed by atoms with Crippen molar-refractivity contribution in [2.45, 2.75) is 52.4 Å². The van der Waals surface area contributed by atoms with Gasteiger partial charge in [0, 0.05) is 49.2 Å². The number of rotatable bonds is 4. The smallest absolute Gasteiger partial charge is 0.144 e. The van der Waals surface area contributed by atoms with Crippen LogP contribution in [0.4, 0.5) is 0 Å². The van der Waals surface area contributed by atoms with Crippen LogP contribution in [0.15, 0.2) is 128 Å². The molecular weight excluding hydrogens is 806 g/mol. The van der Waals surface area contributed by atoms with Crippen LogP contribution in [-0.4, -0.2) is 19.6 Å². The van der Waals surface area contributed by atoms with E-state index in [0.29, 0.717) is 0 Å². The van der Waals surface area contributed by atoms with E-state index in [1.54, 1.807) is 0 Å². The summed E-state index contributed by atoms with van der Waals surface area (Å²) in [5.74, 6) is 0.279. The molecule has 0 saturated carbocycles. The summed E-state index contributed by atoms with van der Waals surface area (Å²) in [5.41, 5.74) is 9.82. The van der Waals surface area contributed by atoms with E-state index in [0.717, 1.165) is 72.4 Å². The Morgan fingerprint density at radius 1 is 0.627 bits per heavy atom. The summed E-state index contributed by atoms with van der Waals surface area (Å²) in [5, 5.41) is 16.3. The molecule has 8 rings (SSSR count). The standard InChI is InChI=1S/C46H40N3O.Pt/c1-45(2,3)34-27-38(43(50)39(28-34)46(4,5)6)41-20-12-19-40(48-41)33-22-32(29-14-8-7-9-15-29)23-35(24-33)49-42-26-31-17-11-10-16-30(31)25-37(42)36-18-13-21-47-44(36)49;/h7-23,25-28,50H,1-6H3;/q-1;. The SMILES string of the molecule is CC(C)(C)c1cc(-c2cccc(-c3[c-]c(-n4c5cc6ccccc6cc5c5cccnc54)cc(-c4ccccc4)c3)n2)c(O)c(C(C)(C)C)c1.[Pt]. The first-order chi connectivity index (χ1) is 24.0. The van der Waals surface area contributed by atoms with Crippen molar-refractivity contribution in [1.82, 2.24) is 14.5 Å². The summed E-state index contributed by atoms with van der Waals surface area (Å²) in [6.45, 7) is 13.0. The average Bonchev–Trinajstić information content (AvgIpc) is 3.43. The van der Waals surface area contributed by atoms with Crippen molar-refractivity contribution >= 4 is 32.7 Å². The van der Waals surface area contributed by atoms with E-state index in [9.17, 15) is 5.11 Å². The third-order valence-corrected chi connectivity index (χ3v) is 9.68. The summed E-state index contributed by atoms with van der Waals surface area (Å²) in [6.07, 6.45) is 1.86. The number of nitrogens with zero attached hydrogens (tertiary/aromatic N) is 3. The van der Waals surface area contributed by atoms with E-state index in [1.807, 2.05) is 36.5 Å². The van der Waals surface area contributed by atoms with Crippen LogP contribution in [0, 0.1) is 6.07 Å². The Kier molecular flexibility index (Phi) is 8.72.